The second-order valence-corrected chi connectivity index (χ2v) is 5.06. The van der Waals surface area contributed by atoms with Crippen LogP contribution in [0.5, 0.6) is 0 Å². The number of nitrogens with one attached hydrogen (secondary N) is 1. The molecule has 1 aromatic heterocycles. The molecule has 1 atom stereocenters. The molecule has 0 saturated heterocycles. The molecule has 2 aromatic rings. The van der Waals surface area contributed by atoms with Crippen molar-refractivity contribution in [3.8, 4) is 11.1 Å². The van der Waals surface area contributed by atoms with E-state index in [1.807, 2.05) is 37.3 Å². The van der Waals surface area contributed by atoms with Crippen molar-refractivity contribution in [2.24, 2.45) is 7.05 Å². The van der Waals surface area contributed by atoms with Crippen LogP contribution in [0.25, 0.3) is 11.1 Å². The first kappa shape index (κ1) is 13.6. The Hall–Kier alpha value is -1.81. The topological polar surface area (TPSA) is 46.9 Å². The van der Waals surface area contributed by atoms with Crippen molar-refractivity contribution in [3.63, 3.8) is 0 Å². The molecule has 0 radical (unpaired) electrons. The highest BCUT2D eigenvalue weighted by Gasteiger charge is 2.18. The summed E-state index contributed by atoms with van der Waals surface area (Å²) in [5.74, 6) is 0.433. The van der Waals surface area contributed by atoms with Crippen LogP contribution >= 0.6 is 11.6 Å². The van der Waals surface area contributed by atoms with E-state index in [1.54, 1.807) is 18.7 Å². The maximum absolute atomic E-state index is 11.8. The third-order valence-corrected chi connectivity index (χ3v) is 3.09. The molecule has 1 unspecified atom stereocenters. The van der Waals surface area contributed by atoms with E-state index in [4.69, 9.17) is 11.6 Å². The second-order valence-electron chi connectivity index (χ2n) is 4.40. The van der Waals surface area contributed by atoms with Crippen molar-refractivity contribution < 1.29 is 4.79 Å². The Balaban J connectivity index is 2.47. The first-order chi connectivity index (χ1) is 9.00. The van der Waals surface area contributed by atoms with Gasteiger partial charge in [0.05, 0.1) is 5.69 Å². The summed E-state index contributed by atoms with van der Waals surface area (Å²) in [5, 5.41) is 6.60. The number of rotatable bonds is 3. The molecule has 0 aliphatic rings. The molecular weight excluding hydrogens is 262 g/mol. The molecule has 2 rings (SSSR count). The highest BCUT2D eigenvalue weighted by Crippen LogP contribution is 2.30. The van der Waals surface area contributed by atoms with Crippen LogP contribution in [0, 0.1) is 6.92 Å². The molecule has 0 spiro atoms. The normalized spacial score (nSPS) is 12.2. The summed E-state index contributed by atoms with van der Waals surface area (Å²) in [5.41, 5.74) is 2.81. The smallest absolute Gasteiger partial charge is 0.243 e. The predicted octanol–water partition coefficient (Wildman–Crippen LogP) is 2.96. The number of hydrogen-bond donors (Lipinski definition) is 1. The van der Waals surface area contributed by atoms with Crippen LogP contribution in [-0.2, 0) is 11.8 Å². The van der Waals surface area contributed by atoms with Crippen LogP contribution in [0.2, 0.25) is 0 Å². The number of aryl methyl sites for hydroxylation is 2. The number of carbonyl (C=O) groups is 1. The van der Waals surface area contributed by atoms with E-state index >= 15 is 0 Å². The number of hydrogen-bond acceptors (Lipinski definition) is 2. The Morgan fingerprint density at radius 1 is 1.37 bits per heavy atom. The predicted molar refractivity (Wildman–Crippen MR) is 77.3 cm³/mol. The summed E-state index contributed by atoms with van der Waals surface area (Å²) >= 11 is 5.79. The zero-order valence-corrected chi connectivity index (χ0v) is 11.9. The van der Waals surface area contributed by atoms with Gasteiger partial charge in [0.15, 0.2) is 0 Å². The summed E-state index contributed by atoms with van der Waals surface area (Å²) in [4.78, 5) is 11.8. The van der Waals surface area contributed by atoms with Crippen molar-refractivity contribution in [1.82, 2.24) is 9.78 Å². The summed E-state index contributed by atoms with van der Waals surface area (Å²) in [6, 6.07) is 9.84. The Morgan fingerprint density at radius 2 is 2.00 bits per heavy atom. The van der Waals surface area contributed by atoms with Gasteiger partial charge in [-0.15, -0.1) is 11.6 Å². The zero-order valence-electron chi connectivity index (χ0n) is 11.1. The van der Waals surface area contributed by atoms with Crippen molar-refractivity contribution in [2.75, 3.05) is 5.32 Å². The van der Waals surface area contributed by atoms with Gasteiger partial charge in [0.1, 0.15) is 11.2 Å². The van der Waals surface area contributed by atoms with Crippen molar-refractivity contribution in [3.05, 3.63) is 36.0 Å². The Kier molecular flexibility index (Phi) is 3.90. The molecule has 0 bridgehead atoms. The van der Waals surface area contributed by atoms with Gasteiger partial charge >= 0.3 is 0 Å². The lowest BCUT2D eigenvalue weighted by molar-refractivity contribution is -0.115. The van der Waals surface area contributed by atoms with Crippen LogP contribution in [0.3, 0.4) is 0 Å². The molecular formula is C14H16ClN3O. The largest absolute Gasteiger partial charge is 0.309 e. The third kappa shape index (κ3) is 2.79. The van der Waals surface area contributed by atoms with Crippen molar-refractivity contribution in [2.45, 2.75) is 19.2 Å². The molecule has 1 heterocycles. The van der Waals surface area contributed by atoms with Gasteiger partial charge in [-0.3, -0.25) is 9.48 Å². The van der Waals surface area contributed by atoms with Gasteiger partial charge in [-0.2, -0.15) is 5.10 Å². The Morgan fingerprint density at radius 3 is 2.58 bits per heavy atom. The lowest BCUT2D eigenvalue weighted by Crippen LogP contribution is -2.22. The fourth-order valence-corrected chi connectivity index (χ4v) is 2.02. The van der Waals surface area contributed by atoms with Crippen molar-refractivity contribution >= 4 is 23.3 Å². The molecule has 0 aliphatic heterocycles. The maximum atomic E-state index is 11.8. The molecule has 1 aromatic carbocycles. The van der Waals surface area contributed by atoms with Gasteiger partial charge in [0.25, 0.3) is 0 Å². The highest BCUT2D eigenvalue weighted by atomic mass is 35.5. The SMILES string of the molecule is Cc1nn(C)c(NC(=O)C(C)Cl)c1-c1ccccc1. The summed E-state index contributed by atoms with van der Waals surface area (Å²) in [7, 11) is 1.80. The Bertz CT molecular complexity index is 590. The summed E-state index contributed by atoms with van der Waals surface area (Å²) in [6.07, 6.45) is 0. The third-order valence-electron chi connectivity index (χ3n) is 2.89. The van der Waals surface area contributed by atoms with E-state index in [9.17, 15) is 4.79 Å². The molecule has 5 heteroatoms. The monoisotopic (exact) mass is 277 g/mol. The fourth-order valence-electron chi connectivity index (χ4n) is 1.97. The minimum absolute atomic E-state index is 0.234. The summed E-state index contributed by atoms with van der Waals surface area (Å²) < 4.78 is 1.66. The molecule has 1 N–H and O–H groups in total. The number of anilines is 1. The van der Waals surface area contributed by atoms with Gasteiger partial charge in [-0.1, -0.05) is 30.3 Å². The number of nitrogens with zero attached hydrogens (tertiary/aromatic N) is 2. The molecule has 1 amide bonds. The standard InChI is InChI=1S/C14H16ClN3O/c1-9(15)14(19)16-13-12(10(2)17-18(13)3)11-7-5-4-6-8-11/h4-9H,1-3H3,(H,16,19). The van der Waals surface area contributed by atoms with Crippen LogP contribution in [0.1, 0.15) is 12.6 Å². The first-order valence-corrected chi connectivity index (χ1v) is 6.48. The quantitative estimate of drug-likeness (QED) is 0.877. The van der Waals surface area contributed by atoms with E-state index in [0.717, 1.165) is 16.8 Å². The van der Waals surface area contributed by atoms with Gasteiger partial charge in [0, 0.05) is 12.6 Å². The maximum Gasteiger partial charge on any atom is 0.243 e. The first-order valence-electron chi connectivity index (χ1n) is 6.04. The number of alkyl halides is 1. The number of benzene rings is 1. The van der Waals surface area contributed by atoms with E-state index in [1.165, 1.54) is 0 Å². The minimum Gasteiger partial charge on any atom is -0.309 e. The zero-order chi connectivity index (χ0) is 14.0. The Labute approximate surface area is 117 Å². The van der Waals surface area contributed by atoms with E-state index < -0.39 is 5.38 Å². The van der Waals surface area contributed by atoms with Crippen LogP contribution in [0.4, 0.5) is 5.82 Å². The highest BCUT2D eigenvalue weighted by molar-refractivity contribution is 6.32. The van der Waals surface area contributed by atoms with Crippen molar-refractivity contribution in [1.29, 1.82) is 0 Å². The molecule has 4 nitrogen and oxygen atoms in total. The average Bonchev–Trinajstić information content (AvgIpc) is 2.65. The molecule has 0 aliphatic carbocycles. The lowest BCUT2D eigenvalue weighted by atomic mass is 10.1. The van der Waals surface area contributed by atoms with E-state index in [2.05, 4.69) is 10.4 Å². The van der Waals surface area contributed by atoms with Crippen LogP contribution in [-0.4, -0.2) is 21.1 Å². The van der Waals surface area contributed by atoms with Gasteiger partial charge in [-0.25, -0.2) is 0 Å². The van der Waals surface area contributed by atoms with Gasteiger partial charge in [-0.05, 0) is 19.4 Å². The second kappa shape index (κ2) is 5.45. The average molecular weight is 278 g/mol. The van der Waals surface area contributed by atoms with Crippen LogP contribution < -0.4 is 5.32 Å². The lowest BCUT2D eigenvalue weighted by Gasteiger charge is -2.10. The van der Waals surface area contributed by atoms with E-state index in [0.29, 0.717) is 5.82 Å². The minimum atomic E-state index is -0.584. The molecule has 100 valence electrons. The summed E-state index contributed by atoms with van der Waals surface area (Å²) in [6.45, 7) is 3.56. The molecule has 19 heavy (non-hydrogen) atoms. The van der Waals surface area contributed by atoms with Gasteiger partial charge < -0.3 is 5.32 Å². The van der Waals surface area contributed by atoms with Crippen LogP contribution in [0.15, 0.2) is 30.3 Å². The van der Waals surface area contributed by atoms with Gasteiger partial charge in [0.2, 0.25) is 5.91 Å². The number of aromatic nitrogens is 2. The molecule has 0 fully saturated rings. The fraction of sp³-hybridized carbons (Fsp3) is 0.286. The number of halogens is 1. The van der Waals surface area contributed by atoms with E-state index in [-0.39, 0.29) is 5.91 Å². The molecule has 0 saturated carbocycles. The number of carbonyl (C=O) groups excluding carboxylic acids is 1. The number of amides is 1.